The van der Waals surface area contributed by atoms with Gasteiger partial charge in [0.05, 0.1) is 6.10 Å². The van der Waals surface area contributed by atoms with E-state index in [4.69, 9.17) is 0 Å². The van der Waals surface area contributed by atoms with E-state index in [-0.39, 0.29) is 24.1 Å². The number of hydrogen-bond donors (Lipinski definition) is 1. The Hall–Kier alpha value is -1.61. The second-order valence-electron chi connectivity index (χ2n) is 5.95. The fourth-order valence-corrected chi connectivity index (χ4v) is 3.53. The van der Waals surface area contributed by atoms with Crippen molar-refractivity contribution in [3.05, 3.63) is 41.5 Å². The van der Waals surface area contributed by atoms with Gasteiger partial charge in [-0.1, -0.05) is 24.3 Å². The predicted octanol–water partition coefficient (Wildman–Crippen LogP) is 2.52. The van der Waals surface area contributed by atoms with Crippen molar-refractivity contribution < 1.29 is 9.90 Å². The van der Waals surface area contributed by atoms with Crippen molar-refractivity contribution in [2.75, 3.05) is 0 Å². The van der Waals surface area contributed by atoms with Gasteiger partial charge in [-0.25, -0.2) is 0 Å². The number of aryl methyl sites for hydroxylation is 1. The molecule has 2 saturated heterocycles. The number of aliphatic hydroxyl groups excluding tert-OH is 1. The molecule has 2 atom stereocenters. The lowest BCUT2D eigenvalue weighted by atomic mass is 9.99. The maximum atomic E-state index is 12.4. The molecule has 106 valence electrons. The van der Waals surface area contributed by atoms with Gasteiger partial charge >= 0.3 is 0 Å². The molecule has 0 aliphatic carbocycles. The summed E-state index contributed by atoms with van der Waals surface area (Å²) >= 11 is 0. The summed E-state index contributed by atoms with van der Waals surface area (Å²) in [5.41, 5.74) is 2.26. The van der Waals surface area contributed by atoms with Crippen molar-refractivity contribution in [1.29, 1.82) is 0 Å². The average molecular weight is 271 g/mol. The highest BCUT2D eigenvalue weighted by Crippen LogP contribution is 2.35. The molecule has 2 unspecified atom stereocenters. The van der Waals surface area contributed by atoms with Crippen LogP contribution in [0.4, 0.5) is 0 Å². The molecule has 2 bridgehead atoms. The molecule has 0 saturated carbocycles. The maximum absolute atomic E-state index is 12.4. The standard InChI is InChI=1S/C17H21NO2/c1-12-4-2-3-5-13(12)6-9-17(20)18-14-7-8-15(18)11-16(19)10-14/h2-6,9,14-16,19H,7-8,10-11H2,1H3. The molecule has 0 spiro atoms. The molecule has 3 nitrogen and oxygen atoms in total. The Bertz CT molecular complexity index is 524. The van der Waals surface area contributed by atoms with Gasteiger partial charge < -0.3 is 10.0 Å². The summed E-state index contributed by atoms with van der Waals surface area (Å²) in [4.78, 5) is 14.4. The number of nitrogens with zero attached hydrogens (tertiary/aromatic N) is 1. The summed E-state index contributed by atoms with van der Waals surface area (Å²) in [7, 11) is 0. The third kappa shape index (κ3) is 2.50. The first-order valence-corrected chi connectivity index (χ1v) is 7.39. The number of aliphatic hydroxyl groups is 1. The molecule has 2 aliphatic heterocycles. The molecule has 2 aliphatic rings. The van der Waals surface area contributed by atoms with E-state index in [1.807, 2.05) is 42.2 Å². The quantitative estimate of drug-likeness (QED) is 0.840. The van der Waals surface area contributed by atoms with Crippen molar-refractivity contribution in [3.8, 4) is 0 Å². The van der Waals surface area contributed by atoms with Crippen molar-refractivity contribution >= 4 is 12.0 Å². The molecule has 1 N–H and O–H groups in total. The monoisotopic (exact) mass is 271 g/mol. The molecule has 1 aromatic rings. The second-order valence-corrected chi connectivity index (χ2v) is 5.95. The SMILES string of the molecule is Cc1ccccc1C=CC(=O)N1C2CCC1CC(O)C2. The number of carbonyl (C=O) groups excluding carboxylic acids is 1. The lowest BCUT2D eigenvalue weighted by molar-refractivity contribution is -0.131. The van der Waals surface area contributed by atoms with Crippen LogP contribution in [-0.2, 0) is 4.79 Å². The van der Waals surface area contributed by atoms with E-state index in [1.54, 1.807) is 6.08 Å². The zero-order valence-corrected chi connectivity index (χ0v) is 11.8. The summed E-state index contributed by atoms with van der Waals surface area (Å²) < 4.78 is 0. The number of rotatable bonds is 2. The van der Waals surface area contributed by atoms with Crippen LogP contribution in [0.2, 0.25) is 0 Å². The van der Waals surface area contributed by atoms with E-state index >= 15 is 0 Å². The van der Waals surface area contributed by atoms with Gasteiger partial charge in [0.1, 0.15) is 0 Å². The van der Waals surface area contributed by atoms with E-state index in [0.717, 1.165) is 31.2 Å². The molecule has 3 rings (SSSR count). The molecule has 0 aromatic heterocycles. The molecular formula is C17H21NO2. The molecule has 0 radical (unpaired) electrons. The summed E-state index contributed by atoms with van der Waals surface area (Å²) in [5.74, 6) is 0.0904. The Kier molecular flexibility index (Phi) is 3.62. The zero-order valence-electron chi connectivity index (χ0n) is 11.8. The zero-order chi connectivity index (χ0) is 14.1. The molecule has 2 fully saturated rings. The van der Waals surface area contributed by atoms with Crippen LogP contribution in [0.5, 0.6) is 0 Å². The van der Waals surface area contributed by atoms with Crippen LogP contribution in [0.1, 0.15) is 36.8 Å². The predicted molar refractivity (Wildman–Crippen MR) is 79.1 cm³/mol. The van der Waals surface area contributed by atoms with Crippen LogP contribution in [0, 0.1) is 6.92 Å². The van der Waals surface area contributed by atoms with E-state index in [1.165, 1.54) is 5.56 Å². The summed E-state index contributed by atoms with van der Waals surface area (Å²) in [6.45, 7) is 2.05. The van der Waals surface area contributed by atoms with E-state index in [9.17, 15) is 9.90 Å². The Morgan fingerprint density at radius 3 is 2.55 bits per heavy atom. The van der Waals surface area contributed by atoms with Crippen LogP contribution >= 0.6 is 0 Å². The first-order chi connectivity index (χ1) is 9.65. The Balaban J connectivity index is 1.73. The summed E-state index contributed by atoms with van der Waals surface area (Å²) in [5, 5.41) is 9.78. The average Bonchev–Trinajstić information content (AvgIpc) is 2.70. The number of benzene rings is 1. The summed E-state index contributed by atoms with van der Waals surface area (Å²) in [6.07, 6.45) is 6.91. The third-order valence-electron chi connectivity index (χ3n) is 4.56. The molecular weight excluding hydrogens is 250 g/mol. The largest absolute Gasteiger partial charge is 0.393 e. The van der Waals surface area contributed by atoms with E-state index in [2.05, 4.69) is 0 Å². The molecule has 20 heavy (non-hydrogen) atoms. The Morgan fingerprint density at radius 2 is 1.90 bits per heavy atom. The summed E-state index contributed by atoms with van der Waals surface area (Å²) in [6, 6.07) is 8.52. The minimum Gasteiger partial charge on any atom is -0.393 e. The van der Waals surface area contributed by atoms with Crippen molar-refractivity contribution in [2.45, 2.75) is 50.8 Å². The second kappa shape index (κ2) is 5.41. The van der Waals surface area contributed by atoms with Gasteiger partial charge in [-0.3, -0.25) is 4.79 Å². The minimum absolute atomic E-state index is 0.0904. The first-order valence-electron chi connectivity index (χ1n) is 7.39. The van der Waals surface area contributed by atoms with Gasteiger partial charge in [-0.2, -0.15) is 0 Å². The maximum Gasteiger partial charge on any atom is 0.247 e. The van der Waals surface area contributed by atoms with Crippen LogP contribution in [0.3, 0.4) is 0 Å². The Morgan fingerprint density at radius 1 is 1.25 bits per heavy atom. The van der Waals surface area contributed by atoms with Gasteiger partial charge in [0, 0.05) is 18.2 Å². The third-order valence-corrected chi connectivity index (χ3v) is 4.56. The van der Waals surface area contributed by atoms with E-state index in [0.29, 0.717) is 0 Å². The molecule has 1 aromatic carbocycles. The van der Waals surface area contributed by atoms with Crippen LogP contribution in [0.15, 0.2) is 30.3 Å². The van der Waals surface area contributed by atoms with Gasteiger partial charge in [-0.05, 0) is 49.8 Å². The van der Waals surface area contributed by atoms with Gasteiger partial charge in [0.15, 0.2) is 0 Å². The Labute approximate surface area is 119 Å². The van der Waals surface area contributed by atoms with Gasteiger partial charge in [0.2, 0.25) is 5.91 Å². The number of fused-ring (bicyclic) bond motifs is 2. The van der Waals surface area contributed by atoms with Gasteiger partial charge in [0.25, 0.3) is 0 Å². The van der Waals surface area contributed by atoms with Crippen molar-refractivity contribution in [2.24, 2.45) is 0 Å². The normalized spacial score (nSPS) is 29.1. The topological polar surface area (TPSA) is 40.5 Å². The number of piperidine rings is 1. The molecule has 3 heteroatoms. The lowest BCUT2D eigenvalue weighted by Crippen LogP contribution is -2.47. The minimum atomic E-state index is -0.225. The van der Waals surface area contributed by atoms with Gasteiger partial charge in [-0.15, -0.1) is 0 Å². The lowest BCUT2D eigenvalue weighted by Gasteiger charge is -2.36. The van der Waals surface area contributed by atoms with E-state index < -0.39 is 0 Å². The fraction of sp³-hybridized carbons (Fsp3) is 0.471. The van der Waals surface area contributed by atoms with Crippen LogP contribution < -0.4 is 0 Å². The van der Waals surface area contributed by atoms with Crippen LogP contribution in [-0.4, -0.2) is 34.1 Å². The van der Waals surface area contributed by atoms with Crippen LogP contribution in [0.25, 0.3) is 6.08 Å². The first kappa shape index (κ1) is 13.4. The number of carbonyl (C=O) groups is 1. The smallest absolute Gasteiger partial charge is 0.247 e. The number of amides is 1. The highest BCUT2D eigenvalue weighted by Gasteiger charge is 2.41. The number of hydrogen-bond acceptors (Lipinski definition) is 2. The highest BCUT2D eigenvalue weighted by atomic mass is 16.3. The molecule has 1 amide bonds. The molecule has 2 heterocycles. The van der Waals surface area contributed by atoms with Crippen molar-refractivity contribution in [1.82, 2.24) is 4.90 Å². The fourth-order valence-electron chi connectivity index (χ4n) is 3.53. The highest BCUT2D eigenvalue weighted by molar-refractivity contribution is 5.92. The van der Waals surface area contributed by atoms with Crippen molar-refractivity contribution in [3.63, 3.8) is 0 Å².